The summed E-state index contributed by atoms with van der Waals surface area (Å²) in [7, 11) is 0. The first-order chi connectivity index (χ1) is 7.23. The van der Waals surface area contributed by atoms with Crippen molar-refractivity contribution in [1.29, 1.82) is 0 Å². The van der Waals surface area contributed by atoms with Crippen LogP contribution in [0.15, 0.2) is 18.5 Å². The number of rotatable bonds is 2. The molecule has 0 radical (unpaired) electrons. The first kappa shape index (κ1) is 13.9. The average molecular weight is 240 g/mol. The summed E-state index contributed by atoms with van der Waals surface area (Å²) in [4.78, 5) is 18.9. The molecule has 2 N–H and O–H groups in total. The Kier molecular flexibility index (Phi) is 4.99. The average Bonchev–Trinajstić information content (AvgIpc) is 2.54. The quantitative estimate of drug-likeness (QED) is 0.789. The summed E-state index contributed by atoms with van der Waals surface area (Å²) in [6, 6.07) is 1.68. The van der Waals surface area contributed by atoms with Gasteiger partial charge in [-0.3, -0.25) is 9.48 Å². The highest BCUT2D eigenvalue weighted by Crippen LogP contribution is 2.13. The number of halogens is 3. The molecule has 0 unspecified atom stereocenters. The molecule has 0 fully saturated rings. The summed E-state index contributed by atoms with van der Waals surface area (Å²) in [6.45, 7) is -0.0625. The van der Waals surface area contributed by atoms with Gasteiger partial charge in [-0.05, 0) is 6.07 Å². The number of aliphatic carboxylic acids is 2. The SMILES string of the molecule is O=C(O)C(F)(F)F.O=C(O)Cn1cccn1. The van der Waals surface area contributed by atoms with E-state index in [2.05, 4.69) is 5.10 Å². The molecule has 9 heteroatoms. The van der Waals surface area contributed by atoms with Gasteiger partial charge in [0.2, 0.25) is 0 Å². The van der Waals surface area contributed by atoms with Crippen LogP contribution in [-0.4, -0.2) is 38.1 Å². The van der Waals surface area contributed by atoms with Gasteiger partial charge < -0.3 is 10.2 Å². The second-order valence-electron chi connectivity index (χ2n) is 2.40. The number of aromatic nitrogens is 2. The summed E-state index contributed by atoms with van der Waals surface area (Å²) in [5.74, 6) is -3.63. The largest absolute Gasteiger partial charge is 0.490 e. The Hall–Kier alpha value is -2.06. The molecule has 1 aromatic heterocycles. The van der Waals surface area contributed by atoms with Crippen molar-refractivity contribution in [2.24, 2.45) is 0 Å². The minimum Gasteiger partial charge on any atom is -0.480 e. The molecule has 0 atom stereocenters. The number of hydrogen-bond acceptors (Lipinski definition) is 3. The van der Waals surface area contributed by atoms with Gasteiger partial charge in [0.05, 0.1) is 0 Å². The van der Waals surface area contributed by atoms with E-state index in [-0.39, 0.29) is 6.54 Å². The molecule has 0 saturated heterocycles. The van der Waals surface area contributed by atoms with Crippen LogP contribution < -0.4 is 0 Å². The van der Waals surface area contributed by atoms with E-state index in [9.17, 15) is 18.0 Å². The van der Waals surface area contributed by atoms with E-state index >= 15 is 0 Å². The van der Waals surface area contributed by atoms with Crippen LogP contribution in [0.4, 0.5) is 13.2 Å². The van der Waals surface area contributed by atoms with Crippen LogP contribution in [0.25, 0.3) is 0 Å². The summed E-state index contributed by atoms with van der Waals surface area (Å²) in [5.41, 5.74) is 0. The van der Waals surface area contributed by atoms with Crippen LogP contribution in [0.1, 0.15) is 0 Å². The van der Waals surface area contributed by atoms with Gasteiger partial charge in [0.25, 0.3) is 0 Å². The van der Waals surface area contributed by atoms with Gasteiger partial charge in [-0.1, -0.05) is 0 Å². The van der Waals surface area contributed by atoms with Gasteiger partial charge in [-0.25, -0.2) is 4.79 Å². The van der Waals surface area contributed by atoms with Gasteiger partial charge in [-0.2, -0.15) is 18.3 Å². The van der Waals surface area contributed by atoms with Crippen molar-refractivity contribution in [3.63, 3.8) is 0 Å². The Morgan fingerprint density at radius 2 is 1.81 bits per heavy atom. The third-order valence-corrected chi connectivity index (χ3v) is 1.10. The molecule has 1 heterocycles. The number of hydrogen-bond donors (Lipinski definition) is 2. The molecule has 0 aliphatic heterocycles. The first-order valence-electron chi connectivity index (χ1n) is 3.73. The van der Waals surface area contributed by atoms with Gasteiger partial charge in [-0.15, -0.1) is 0 Å². The normalized spacial score (nSPS) is 10.2. The molecule has 0 aromatic carbocycles. The highest BCUT2D eigenvalue weighted by Gasteiger charge is 2.38. The van der Waals surface area contributed by atoms with E-state index in [1.807, 2.05) is 0 Å². The molecule has 6 nitrogen and oxygen atoms in total. The number of nitrogens with zero attached hydrogens (tertiary/aromatic N) is 2. The number of carboxylic acid groups (broad SMARTS) is 2. The Balaban J connectivity index is 0.000000293. The van der Waals surface area contributed by atoms with Crippen LogP contribution in [0.3, 0.4) is 0 Å². The summed E-state index contributed by atoms with van der Waals surface area (Å²) in [6.07, 6.45) is -1.93. The van der Waals surface area contributed by atoms with Crippen molar-refractivity contribution >= 4 is 11.9 Å². The molecule has 0 bridgehead atoms. The maximum Gasteiger partial charge on any atom is 0.490 e. The molecular formula is C7H7F3N2O4. The molecule has 90 valence electrons. The van der Waals surface area contributed by atoms with Crippen LogP contribution in [0.2, 0.25) is 0 Å². The van der Waals surface area contributed by atoms with E-state index in [1.165, 1.54) is 4.68 Å². The van der Waals surface area contributed by atoms with E-state index in [1.54, 1.807) is 18.5 Å². The molecule has 1 rings (SSSR count). The predicted molar refractivity (Wildman–Crippen MR) is 43.6 cm³/mol. The Labute approximate surface area is 86.9 Å². The van der Waals surface area contributed by atoms with Crippen molar-refractivity contribution < 1.29 is 33.0 Å². The van der Waals surface area contributed by atoms with E-state index in [4.69, 9.17) is 15.0 Å². The lowest BCUT2D eigenvalue weighted by Gasteiger charge is -1.93. The Morgan fingerprint density at radius 1 is 1.31 bits per heavy atom. The number of carbonyl (C=O) groups is 2. The fourth-order valence-electron chi connectivity index (χ4n) is 0.533. The lowest BCUT2D eigenvalue weighted by Crippen LogP contribution is -2.21. The summed E-state index contributed by atoms with van der Waals surface area (Å²) >= 11 is 0. The second-order valence-corrected chi connectivity index (χ2v) is 2.40. The van der Waals surface area contributed by atoms with Crippen molar-refractivity contribution in [3.8, 4) is 0 Å². The van der Waals surface area contributed by atoms with E-state index in [0.717, 1.165) is 0 Å². The third kappa shape index (κ3) is 6.40. The van der Waals surface area contributed by atoms with Crippen molar-refractivity contribution in [3.05, 3.63) is 18.5 Å². The van der Waals surface area contributed by atoms with Crippen LogP contribution in [-0.2, 0) is 16.1 Å². The Bertz CT molecular complexity index is 347. The van der Waals surface area contributed by atoms with Gasteiger partial charge in [0, 0.05) is 12.4 Å². The van der Waals surface area contributed by atoms with Crippen molar-refractivity contribution in [2.75, 3.05) is 0 Å². The maximum atomic E-state index is 10.6. The van der Waals surface area contributed by atoms with Gasteiger partial charge in [0.1, 0.15) is 6.54 Å². The van der Waals surface area contributed by atoms with Crippen LogP contribution in [0, 0.1) is 0 Å². The smallest absolute Gasteiger partial charge is 0.480 e. The third-order valence-electron chi connectivity index (χ3n) is 1.10. The number of alkyl halides is 3. The fourth-order valence-corrected chi connectivity index (χ4v) is 0.533. The fraction of sp³-hybridized carbons (Fsp3) is 0.286. The molecule has 0 aliphatic rings. The summed E-state index contributed by atoms with van der Waals surface area (Å²) < 4.78 is 33.1. The standard InChI is InChI=1S/C5H6N2O2.C2HF3O2/c8-5(9)4-7-3-1-2-6-7;3-2(4,5)1(6)7/h1-3H,4H2,(H,8,9);(H,6,7). The monoisotopic (exact) mass is 240 g/mol. The molecule has 1 aromatic rings. The molecular weight excluding hydrogens is 233 g/mol. The topological polar surface area (TPSA) is 92.4 Å². The zero-order valence-corrected chi connectivity index (χ0v) is 7.68. The maximum absolute atomic E-state index is 10.6. The highest BCUT2D eigenvalue weighted by atomic mass is 19.4. The lowest BCUT2D eigenvalue weighted by atomic mass is 10.6. The van der Waals surface area contributed by atoms with Crippen molar-refractivity contribution in [1.82, 2.24) is 9.78 Å². The summed E-state index contributed by atoms with van der Waals surface area (Å²) in [5, 5.41) is 19.0. The van der Waals surface area contributed by atoms with Gasteiger partial charge >= 0.3 is 18.1 Å². The van der Waals surface area contributed by atoms with E-state index in [0.29, 0.717) is 0 Å². The molecule has 16 heavy (non-hydrogen) atoms. The first-order valence-corrected chi connectivity index (χ1v) is 3.73. The molecule has 0 aliphatic carbocycles. The minimum atomic E-state index is -5.08. The van der Waals surface area contributed by atoms with Crippen LogP contribution >= 0.6 is 0 Å². The molecule has 0 amide bonds. The molecule has 0 spiro atoms. The zero-order chi connectivity index (χ0) is 12.8. The number of carboxylic acids is 2. The van der Waals surface area contributed by atoms with E-state index < -0.39 is 18.1 Å². The Morgan fingerprint density at radius 3 is 2.06 bits per heavy atom. The lowest BCUT2D eigenvalue weighted by molar-refractivity contribution is -0.192. The van der Waals surface area contributed by atoms with Gasteiger partial charge in [0.15, 0.2) is 0 Å². The zero-order valence-electron chi connectivity index (χ0n) is 7.68. The predicted octanol–water partition coefficient (Wildman–Crippen LogP) is 0.601. The van der Waals surface area contributed by atoms with Crippen LogP contribution in [0.5, 0.6) is 0 Å². The molecule has 0 saturated carbocycles. The highest BCUT2D eigenvalue weighted by molar-refractivity contribution is 5.73. The minimum absolute atomic E-state index is 0.0625. The van der Waals surface area contributed by atoms with Crippen molar-refractivity contribution in [2.45, 2.75) is 12.7 Å². The second kappa shape index (κ2) is 5.73.